The molecule has 0 saturated heterocycles. The average molecular weight is 405 g/mol. The molecule has 0 aromatic rings. The van der Waals surface area contributed by atoms with E-state index in [0.717, 1.165) is 24.5 Å². The van der Waals surface area contributed by atoms with Crippen molar-refractivity contribution in [3.8, 4) is 0 Å². The molecule has 0 atom stereocenters. The Morgan fingerprint density at radius 3 is 1.50 bits per heavy atom. The van der Waals surface area contributed by atoms with Gasteiger partial charge < -0.3 is 9.80 Å². The van der Waals surface area contributed by atoms with E-state index in [1.165, 1.54) is 0 Å². The summed E-state index contributed by atoms with van der Waals surface area (Å²) in [6, 6.07) is 0. The van der Waals surface area contributed by atoms with Crippen molar-refractivity contribution in [2.45, 2.75) is 12.8 Å². The molecule has 3 rings (SSSR count). The number of ketones is 2. The average Bonchev–Trinajstić information content (AvgIpc) is 2.72. The number of fused-ring (bicyclic) bond motifs is 2. The maximum absolute atomic E-state index is 13.0. The Kier molecular flexibility index (Phi) is 7.03. The number of rotatable bonds is 6. The monoisotopic (exact) mass is 404 g/mol. The highest BCUT2D eigenvalue weighted by Gasteiger charge is 2.37. The summed E-state index contributed by atoms with van der Waals surface area (Å²) in [7, 11) is 7.95. The van der Waals surface area contributed by atoms with E-state index in [1.807, 2.05) is 62.3 Å². The Bertz CT molecular complexity index is 903. The summed E-state index contributed by atoms with van der Waals surface area (Å²) < 4.78 is 0. The summed E-state index contributed by atoms with van der Waals surface area (Å²) in [6.07, 6.45) is 15.6. The normalized spacial score (nSPS) is 22.1. The largest absolute Gasteiger partial charge is 0.306 e. The van der Waals surface area contributed by atoms with Crippen LogP contribution in [0.4, 0.5) is 0 Å². The van der Waals surface area contributed by atoms with Crippen LogP contribution in [-0.2, 0) is 9.59 Å². The Balaban J connectivity index is 1.81. The maximum Gasteiger partial charge on any atom is 0.194 e. The van der Waals surface area contributed by atoms with Crippen molar-refractivity contribution in [3.63, 3.8) is 0 Å². The highest BCUT2D eigenvalue weighted by molar-refractivity contribution is 6.37. The quantitative estimate of drug-likeness (QED) is 0.683. The van der Waals surface area contributed by atoms with Gasteiger partial charge in [-0.1, -0.05) is 24.3 Å². The molecule has 0 unspecified atom stereocenters. The molecule has 3 aliphatic rings. The molecule has 0 spiro atoms. The second-order valence-corrected chi connectivity index (χ2v) is 7.95. The summed E-state index contributed by atoms with van der Waals surface area (Å²) in [6.45, 7) is 1.59. The first kappa shape index (κ1) is 21.7. The molecule has 3 aliphatic carbocycles. The SMILES string of the molecule is CN(C)CC=CN=C1C=C2C(=O)C3=CCC(=NC=CCN(C)C)C=C3C(=O)C2=CC1. The zero-order chi connectivity index (χ0) is 21.7. The molecular weight excluding hydrogens is 376 g/mol. The van der Waals surface area contributed by atoms with Crippen molar-refractivity contribution in [1.82, 2.24) is 9.80 Å². The third-order valence-electron chi connectivity index (χ3n) is 4.84. The number of allylic oxidation sites excluding steroid dienone is 8. The van der Waals surface area contributed by atoms with Gasteiger partial charge in [-0.15, -0.1) is 0 Å². The third-order valence-corrected chi connectivity index (χ3v) is 4.84. The Morgan fingerprint density at radius 2 is 1.13 bits per heavy atom. The third kappa shape index (κ3) is 5.14. The van der Waals surface area contributed by atoms with Crippen LogP contribution in [0.3, 0.4) is 0 Å². The number of carbonyl (C=O) groups excluding carboxylic acids is 2. The van der Waals surface area contributed by atoms with E-state index in [-0.39, 0.29) is 11.6 Å². The molecule has 0 aliphatic heterocycles. The van der Waals surface area contributed by atoms with Crippen molar-refractivity contribution in [3.05, 3.63) is 71.1 Å². The van der Waals surface area contributed by atoms with Gasteiger partial charge in [0.05, 0.1) is 0 Å². The fourth-order valence-corrected chi connectivity index (χ4v) is 3.33. The van der Waals surface area contributed by atoms with Crippen LogP contribution in [0, 0.1) is 0 Å². The van der Waals surface area contributed by atoms with Gasteiger partial charge in [0.25, 0.3) is 0 Å². The van der Waals surface area contributed by atoms with E-state index in [0.29, 0.717) is 35.1 Å². The van der Waals surface area contributed by atoms with Gasteiger partial charge >= 0.3 is 0 Å². The summed E-state index contributed by atoms with van der Waals surface area (Å²) in [5, 5.41) is 0. The summed E-state index contributed by atoms with van der Waals surface area (Å²) in [5.74, 6) is -0.224. The summed E-state index contributed by atoms with van der Waals surface area (Å²) in [4.78, 5) is 39.0. The second kappa shape index (κ2) is 9.69. The van der Waals surface area contributed by atoms with E-state index in [1.54, 1.807) is 24.6 Å². The number of carbonyl (C=O) groups is 2. The molecule has 0 heterocycles. The van der Waals surface area contributed by atoms with Gasteiger partial charge in [0.2, 0.25) is 0 Å². The minimum absolute atomic E-state index is 0.112. The van der Waals surface area contributed by atoms with E-state index in [4.69, 9.17) is 0 Å². The molecule has 0 radical (unpaired) electrons. The standard InChI is InChI=1S/C24H28N4O2/c1-27(2)13-5-11-25-17-7-9-19-21(15-17)23(29)20-10-8-18(16-22(20)24(19)30)26-12-6-14-28(3)4/h5-6,9-12,15-16H,7-8,13-14H2,1-4H3. The van der Waals surface area contributed by atoms with Crippen LogP contribution >= 0.6 is 0 Å². The number of likely N-dealkylation sites (N-methyl/N-ethyl adjacent to an activating group) is 2. The first-order valence-electron chi connectivity index (χ1n) is 10.0. The van der Waals surface area contributed by atoms with Crippen molar-refractivity contribution >= 4 is 23.0 Å². The maximum atomic E-state index is 13.0. The van der Waals surface area contributed by atoms with E-state index in [2.05, 4.69) is 9.98 Å². The lowest BCUT2D eigenvalue weighted by molar-refractivity contribution is -0.117. The number of hydrogen-bond donors (Lipinski definition) is 0. The second-order valence-electron chi connectivity index (χ2n) is 7.95. The van der Waals surface area contributed by atoms with Crippen LogP contribution in [-0.4, -0.2) is 74.1 Å². The van der Waals surface area contributed by atoms with Gasteiger partial charge in [0, 0.05) is 72.0 Å². The van der Waals surface area contributed by atoms with Gasteiger partial charge in [-0.3, -0.25) is 19.6 Å². The Labute approximate surface area is 178 Å². The molecular formula is C24H28N4O2. The van der Waals surface area contributed by atoms with Gasteiger partial charge in [-0.25, -0.2) is 0 Å². The molecule has 30 heavy (non-hydrogen) atoms. The van der Waals surface area contributed by atoms with Crippen molar-refractivity contribution < 1.29 is 9.59 Å². The van der Waals surface area contributed by atoms with Crippen LogP contribution < -0.4 is 0 Å². The fourth-order valence-electron chi connectivity index (χ4n) is 3.33. The molecule has 0 aromatic heterocycles. The van der Waals surface area contributed by atoms with Gasteiger partial charge in [-0.2, -0.15) is 0 Å². The summed E-state index contributed by atoms with van der Waals surface area (Å²) in [5.41, 5.74) is 3.40. The number of Topliss-reactive ketones (excluding diaryl/α,β-unsaturated/α-hetero) is 2. The van der Waals surface area contributed by atoms with Crippen LogP contribution in [0.15, 0.2) is 81.1 Å². The molecule has 0 bridgehead atoms. The molecule has 0 amide bonds. The minimum atomic E-state index is -0.112. The summed E-state index contributed by atoms with van der Waals surface area (Å²) >= 11 is 0. The smallest absolute Gasteiger partial charge is 0.194 e. The molecule has 1 fully saturated rings. The van der Waals surface area contributed by atoms with Gasteiger partial charge in [-0.05, 0) is 40.3 Å². The van der Waals surface area contributed by atoms with Crippen molar-refractivity contribution in [1.29, 1.82) is 0 Å². The van der Waals surface area contributed by atoms with Crippen molar-refractivity contribution in [2.75, 3.05) is 41.3 Å². The zero-order valence-corrected chi connectivity index (χ0v) is 18.1. The predicted molar refractivity (Wildman–Crippen MR) is 122 cm³/mol. The lowest BCUT2D eigenvalue weighted by atomic mass is 9.75. The number of aliphatic imine (C=N–C) groups is 2. The fraction of sp³-hybridized carbons (Fsp3) is 0.333. The first-order chi connectivity index (χ1) is 14.4. The van der Waals surface area contributed by atoms with E-state index >= 15 is 0 Å². The topological polar surface area (TPSA) is 65.3 Å². The lowest BCUT2D eigenvalue weighted by Gasteiger charge is -2.26. The molecule has 0 N–H and O–H groups in total. The van der Waals surface area contributed by atoms with E-state index < -0.39 is 0 Å². The van der Waals surface area contributed by atoms with Crippen LogP contribution in [0.2, 0.25) is 0 Å². The minimum Gasteiger partial charge on any atom is -0.306 e. The van der Waals surface area contributed by atoms with E-state index in [9.17, 15) is 9.59 Å². The molecule has 156 valence electrons. The molecule has 1 saturated carbocycles. The van der Waals surface area contributed by atoms with Gasteiger partial charge in [0.1, 0.15) is 0 Å². The predicted octanol–water partition coefficient (Wildman–Crippen LogP) is 2.68. The van der Waals surface area contributed by atoms with Gasteiger partial charge in [0.15, 0.2) is 11.6 Å². The number of nitrogens with zero attached hydrogens (tertiary/aromatic N) is 4. The highest BCUT2D eigenvalue weighted by Crippen LogP contribution is 2.35. The zero-order valence-electron chi connectivity index (χ0n) is 18.1. The lowest BCUT2D eigenvalue weighted by Crippen LogP contribution is -2.29. The Morgan fingerprint density at radius 1 is 0.733 bits per heavy atom. The molecule has 0 aromatic carbocycles. The Hall–Kier alpha value is -2.96. The molecule has 6 nitrogen and oxygen atoms in total. The van der Waals surface area contributed by atoms with Crippen molar-refractivity contribution in [2.24, 2.45) is 9.98 Å². The van der Waals surface area contributed by atoms with Crippen LogP contribution in [0.1, 0.15) is 12.8 Å². The van der Waals surface area contributed by atoms with Crippen LogP contribution in [0.5, 0.6) is 0 Å². The first-order valence-corrected chi connectivity index (χ1v) is 10.0. The molecule has 6 heteroatoms. The highest BCUT2D eigenvalue weighted by atomic mass is 16.1. The number of hydrogen-bond acceptors (Lipinski definition) is 6. The van der Waals surface area contributed by atoms with Crippen LogP contribution in [0.25, 0.3) is 0 Å².